The van der Waals surface area contributed by atoms with Crippen LogP contribution in [0.3, 0.4) is 0 Å². The Kier molecular flexibility index (Phi) is 3.54. The number of hydrogen-bond acceptors (Lipinski definition) is 2. The highest BCUT2D eigenvalue weighted by Crippen LogP contribution is 2.32. The highest BCUT2D eigenvalue weighted by Gasteiger charge is 2.12. The summed E-state index contributed by atoms with van der Waals surface area (Å²) in [4.78, 5) is 4.64. The van der Waals surface area contributed by atoms with Crippen molar-refractivity contribution in [1.29, 1.82) is 0 Å². The molecule has 0 aliphatic carbocycles. The minimum Gasteiger partial charge on any atom is -0.436 e. The maximum absolute atomic E-state index is 5.91. The van der Waals surface area contributed by atoms with Crippen molar-refractivity contribution < 1.29 is 4.42 Å². The second kappa shape index (κ2) is 5.55. The van der Waals surface area contributed by atoms with Crippen LogP contribution in [0.4, 0.5) is 0 Å². The molecule has 0 radical (unpaired) electrons. The first-order valence-corrected chi connectivity index (χ1v) is 8.57. The fraction of sp³-hybridized carbons (Fsp3) is 0. The second-order valence-electron chi connectivity index (χ2n) is 4.89. The van der Waals surface area contributed by atoms with E-state index < -0.39 is 0 Å². The fourth-order valence-corrected chi connectivity index (χ4v) is 3.27. The molecule has 2 heterocycles. The number of aromatic nitrogens is 2. The highest BCUT2D eigenvalue weighted by atomic mass is 127. The summed E-state index contributed by atoms with van der Waals surface area (Å²) in [5.74, 6) is 0.630. The zero-order valence-corrected chi connectivity index (χ0v) is 15.1. The third-order valence-electron chi connectivity index (χ3n) is 3.43. The van der Waals surface area contributed by atoms with Gasteiger partial charge in [-0.2, -0.15) is 0 Å². The molecule has 2 aromatic heterocycles. The van der Waals surface area contributed by atoms with Crippen LogP contribution in [0, 0.1) is 3.57 Å². The van der Waals surface area contributed by atoms with Crippen LogP contribution in [0.5, 0.6) is 0 Å². The number of nitrogens with zero attached hydrogens (tertiary/aromatic N) is 2. The monoisotopic (exact) mass is 464 g/mol. The number of oxazole rings is 1. The Morgan fingerprint density at radius 1 is 1.05 bits per heavy atom. The lowest BCUT2D eigenvalue weighted by molar-refractivity contribution is 0.619. The summed E-state index contributed by atoms with van der Waals surface area (Å²) in [5, 5.41) is 0. The molecule has 0 saturated heterocycles. The molecule has 0 aliphatic heterocycles. The van der Waals surface area contributed by atoms with E-state index in [1.807, 2.05) is 54.9 Å². The first-order valence-electron chi connectivity index (χ1n) is 6.70. The second-order valence-corrected chi connectivity index (χ2v) is 6.99. The van der Waals surface area contributed by atoms with Gasteiger partial charge in [0.05, 0.1) is 5.56 Å². The SMILES string of the molecule is Brc1ccc(I)cc1-c1nc2cc(-n3cccc3)ccc2o1. The van der Waals surface area contributed by atoms with Crippen LogP contribution >= 0.6 is 38.5 Å². The summed E-state index contributed by atoms with van der Waals surface area (Å²) in [7, 11) is 0. The van der Waals surface area contributed by atoms with E-state index in [1.165, 1.54) is 0 Å². The predicted octanol–water partition coefficient (Wildman–Crippen LogP) is 5.65. The van der Waals surface area contributed by atoms with Crippen molar-refractivity contribution in [2.24, 2.45) is 0 Å². The number of hydrogen-bond donors (Lipinski definition) is 0. The molecule has 0 bridgehead atoms. The van der Waals surface area contributed by atoms with Gasteiger partial charge in [0.15, 0.2) is 5.58 Å². The lowest BCUT2D eigenvalue weighted by Crippen LogP contribution is -1.88. The molecule has 108 valence electrons. The summed E-state index contributed by atoms with van der Waals surface area (Å²) >= 11 is 5.85. The van der Waals surface area contributed by atoms with Crippen LogP contribution in [0.2, 0.25) is 0 Å². The molecule has 5 heteroatoms. The van der Waals surface area contributed by atoms with E-state index in [0.29, 0.717) is 5.89 Å². The van der Waals surface area contributed by atoms with E-state index in [9.17, 15) is 0 Å². The summed E-state index contributed by atoms with van der Waals surface area (Å²) in [5.41, 5.74) is 3.67. The predicted molar refractivity (Wildman–Crippen MR) is 99.2 cm³/mol. The van der Waals surface area contributed by atoms with Crippen LogP contribution in [-0.4, -0.2) is 9.55 Å². The average molecular weight is 465 g/mol. The molecule has 4 aromatic rings. The van der Waals surface area contributed by atoms with Crippen molar-refractivity contribution in [2.45, 2.75) is 0 Å². The summed E-state index contributed by atoms with van der Waals surface area (Å²) < 4.78 is 10.1. The van der Waals surface area contributed by atoms with Gasteiger partial charge < -0.3 is 8.98 Å². The maximum Gasteiger partial charge on any atom is 0.228 e. The first-order chi connectivity index (χ1) is 10.7. The molecule has 0 aliphatic rings. The first kappa shape index (κ1) is 14.0. The molecule has 0 fully saturated rings. The molecule has 0 saturated carbocycles. The molecule has 0 amide bonds. The third kappa shape index (κ3) is 2.48. The standard InChI is InChI=1S/C17H10BrIN2O/c18-14-5-3-11(19)9-13(14)17-20-15-10-12(4-6-16(15)22-17)21-7-1-2-8-21/h1-10H. The van der Waals surface area contributed by atoms with Gasteiger partial charge in [-0.05, 0) is 87.1 Å². The number of rotatable bonds is 2. The van der Waals surface area contributed by atoms with Gasteiger partial charge in [0, 0.05) is 26.1 Å². The molecule has 0 N–H and O–H groups in total. The van der Waals surface area contributed by atoms with E-state index in [-0.39, 0.29) is 0 Å². The van der Waals surface area contributed by atoms with Crippen LogP contribution in [0.15, 0.2) is 69.8 Å². The van der Waals surface area contributed by atoms with Crippen LogP contribution in [-0.2, 0) is 0 Å². The fourth-order valence-electron chi connectivity index (χ4n) is 2.36. The minimum atomic E-state index is 0.630. The Balaban J connectivity index is 1.85. The van der Waals surface area contributed by atoms with Gasteiger partial charge in [-0.15, -0.1) is 0 Å². The van der Waals surface area contributed by atoms with Crippen molar-refractivity contribution in [3.05, 3.63) is 69.0 Å². The van der Waals surface area contributed by atoms with Crippen molar-refractivity contribution in [1.82, 2.24) is 9.55 Å². The Bertz CT molecular complexity index is 960. The number of fused-ring (bicyclic) bond motifs is 1. The average Bonchev–Trinajstić information content (AvgIpc) is 3.17. The summed E-state index contributed by atoms with van der Waals surface area (Å²) in [6, 6.07) is 16.1. The lowest BCUT2D eigenvalue weighted by atomic mass is 10.2. The smallest absolute Gasteiger partial charge is 0.228 e. The lowest BCUT2D eigenvalue weighted by Gasteiger charge is -2.00. The van der Waals surface area contributed by atoms with Crippen LogP contribution in [0.25, 0.3) is 28.2 Å². The quantitative estimate of drug-likeness (QED) is 0.359. The Morgan fingerprint density at radius 3 is 2.68 bits per heavy atom. The third-order valence-corrected chi connectivity index (χ3v) is 4.80. The van der Waals surface area contributed by atoms with E-state index in [0.717, 1.165) is 30.4 Å². The highest BCUT2D eigenvalue weighted by molar-refractivity contribution is 14.1. The Labute approximate surface area is 149 Å². The van der Waals surface area contributed by atoms with Crippen molar-refractivity contribution in [3.63, 3.8) is 0 Å². The van der Waals surface area contributed by atoms with E-state index in [4.69, 9.17) is 4.42 Å². The Hall–Kier alpha value is -1.60. The summed E-state index contributed by atoms with van der Waals surface area (Å²) in [6.45, 7) is 0. The molecular formula is C17H10BrIN2O. The zero-order chi connectivity index (χ0) is 15.1. The summed E-state index contributed by atoms with van der Waals surface area (Å²) in [6.07, 6.45) is 4.02. The van der Waals surface area contributed by atoms with Gasteiger partial charge in [0.1, 0.15) is 5.52 Å². The Morgan fingerprint density at radius 2 is 1.86 bits per heavy atom. The topological polar surface area (TPSA) is 31.0 Å². The van der Waals surface area contributed by atoms with Crippen molar-refractivity contribution in [3.8, 4) is 17.1 Å². The molecule has 22 heavy (non-hydrogen) atoms. The van der Waals surface area contributed by atoms with Crippen molar-refractivity contribution in [2.75, 3.05) is 0 Å². The molecule has 4 rings (SSSR count). The van der Waals surface area contributed by atoms with Gasteiger partial charge in [0.25, 0.3) is 0 Å². The van der Waals surface area contributed by atoms with E-state index >= 15 is 0 Å². The van der Waals surface area contributed by atoms with Crippen LogP contribution < -0.4 is 0 Å². The molecule has 0 unspecified atom stereocenters. The largest absolute Gasteiger partial charge is 0.436 e. The van der Waals surface area contributed by atoms with Gasteiger partial charge in [-0.25, -0.2) is 4.98 Å². The van der Waals surface area contributed by atoms with E-state index in [1.54, 1.807) is 0 Å². The number of halogens is 2. The molecule has 0 atom stereocenters. The number of benzene rings is 2. The zero-order valence-electron chi connectivity index (χ0n) is 11.3. The van der Waals surface area contributed by atoms with E-state index in [2.05, 4.69) is 54.1 Å². The van der Waals surface area contributed by atoms with Gasteiger partial charge >= 0.3 is 0 Å². The normalized spacial score (nSPS) is 11.2. The van der Waals surface area contributed by atoms with Crippen molar-refractivity contribution >= 4 is 49.6 Å². The van der Waals surface area contributed by atoms with Crippen LogP contribution in [0.1, 0.15) is 0 Å². The molecule has 3 nitrogen and oxygen atoms in total. The maximum atomic E-state index is 5.91. The van der Waals surface area contributed by atoms with Gasteiger partial charge in [0.2, 0.25) is 5.89 Å². The van der Waals surface area contributed by atoms with Gasteiger partial charge in [-0.3, -0.25) is 0 Å². The molecule has 0 spiro atoms. The minimum absolute atomic E-state index is 0.630. The molecular weight excluding hydrogens is 455 g/mol. The molecule has 2 aromatic carbocycles. The van der Waals surface area contributed by atoms with Gasteiger partial charge in [-0.1, -0.05) is 0 Å².